The summed E-state index contributed by atoms with van der Waals surface area (Å²) in [5.74, 6) is -1.32. The van der Waals surface area contributed by atoms with Crippen molar-refractivity contribution in [3.05, 3.63) is 53.8 Å². The summed E-state index contributed by atoms with van der Waals surface area (Å²) < 4.78 is 21.5. The van der Waals surface area contributed by atoms with Gasteiger partial charge in [0, 0.05) is 0 Å². The zero-order valence-corrected chi connectivity index (χ0v) is 14.3. The Hall–Kier alpha value is -3.49. The van der Waals surface area contributed by atoms with Crippen LogP contribution in [-0.4, -0.2) is 39.6 Å². The predicted octanol–water partition coefficient (Wildman–Crippen LogP) is 1.41. The normalized spacial score (nSPS) is 18.7. The fraction of sp³-hybridized carbons (Fsp3) is 0.222. The Labute approximate surface area is 153 Å². The lowest BCUT2D eigenvalue weighted by molar-refractivity contribution is -0.126. The molecule has 2 atom stereocenters. The molecule has 1 fully saturated rings. The largest absolute Gasteiger partial charge is 0.443 e. The Kier molecular flexibility index (Phi) is 3.79. The minimum Gasteiger partial charge on any atom is -0.443 e. The molecule has 1 aliphatic heterocycles. The number of para-hydroxylation sites is 1. The van der Waals surface area contributed by atoms with E-state index in [4.69, 9.17) is 10.5 Å². The minimum atomic E-state index is -1.39. The summed E-state index contributed by atoms with van der Waals surface area (Å²) in [6.07, 6.45) is -1.47. The van der Waals surface area contributed by atoms with Gasteiger partial charge in [-0.05, 0) is 36.8 Å². The topological polar surface area (TPSA) is 112 Å². The van der Waals surface area contributed by atoms with Crippen molar-refractivity contribution in [2.75, 3.05) is 6.54 Å². The highest BCUT2D eigenvalue weighted by atomic mass is 19.1. The second-order valence-corrected chi connectivity index (χ2v) is 6.50. The van der Waals surface area contributed by atoms with Crippen molar-refractivity contribution < 1.29 is 18.7 Å². The number of hydrogen-bond donors (Lipinski definition) is 2. The van der Waals surface area contributed by atoms with Crippen molar-refractivity contribution in [3.63, 3.8) is 0 Å². The van der Waals surface area contributed by atoms with Crippen molar-refractivity contribution in [2.45, 2.75) is 18.4 Å². The van der Waals surface area contributed by atoms with E-state index in [0.29, 0.717) is 16.6 Å². The van der Waals surface area contributed by atoms with E-state index in [9.17, 15) is 14.0 Å². The first kappa shape index (κ1) is 17.0. The van der Waals surface area contributed by atoms with Crippen LogP contribution >= 0.6 is 0 Å². The van der Waals surface area contributed by atoms with E-state index in [1.807, 2.05) is 6.07 Å². The average molecular weight is 369 g/mol. The maximum Gasteiger partial charge on any atom is 0.407 e. The molecule has 0 saturated carbocycles. The molecule has 4 rings (SSSR count). The summed E-state index contributed by atoms with van der Waals surface area (Å²) in [5, 5.41) is 10.5. The van der Waals surface area contributed by atoms with Crippen LogP contribution in [0.1, 0.15) is 12.5 Å². The number of nitrogens with two attached hydrogens (primary N) is 1. The Balaban J connectivity index is 1.78. The molecule has 0 aliphatic carbocycles. The fourth-order valence-corrected chi connectivity index (χ4v) is 3.25. The van der Waals surface area contributed by atoms with Crippen LogP contribution in [0.25, 0.3) is 16.7 Å². The number of nitrogens with zero attached hydrogens (tertiary/aromatic N) is 3. The van der Waals surface area contributed by atoms with Crippen molar-refractivity contribution in [1.82, 2.24) is 20.3 Å². The van der Waals surface area contributed by atoms with Crippen LogP contribution in [0.5, 0.6) is 0 Å². The molecule has 1 saturated heterocycles. The summed E-state index contributed by atoms with van der Waals surface area (Å²) in [7, 11) is 0. The molecular formula is C18H16FN5O3. The number of cyclic esters (lactones) is 1. The molecule has 9 heteroatoms. The molecule has 3 N–H and O–H groups in total. The molecule has 138 valence electrons. The number of benzene rings is 2. The second kappa shape index (κ2) is 6.04. The maximum atomic E-state index is 14.9. The minimum absolute atomic E-state index is 0.107. The summed E-state index contributed by atoms with van der Waals surface area (Å²) in [5.41, 5.74) is 5.96. The lowest BCUT2D eigenvalue weighted by Crippen LogP contribution is -2.49. The molecule has 3 aromatic rings. The maximum absolute atomic E-state index is 14.9. The van der Waals surface area contributed by atoms with Crippen LogP contribution in [0.3, 0.4) is 0 Å². The van der Waals surface area contributed by atoms with Gasteiger partial charge in [0.05, 0.1) is 12.1 Å². The summed E-state index contributed by atoms with van der Waals surface area (Å²) in [4.78, 5) is 23.5. The van der Waals surface area contributed by atoms with Gasteiger partial charge in [-0.25, -0.2) is 13.9 Å². The lowest BCUT2D eigenvalue weighted by atomic mass is 9.76. The Morgan fingerprint density at radius 2 is 2.15 bits per heavy atom. The van der Waals surface area contributed by atoms with Crippen LogP contribution in [0.15, 0.2) is 42.5 Å². The Bertz CT molecular complexity index is 1070. The number of fused-ring (bicyclic) bond motifs is 1. The first-order valence-corrected chi connectivity index (χ1v) is 8.26. The standard InChI is InChI=1S/C18H16FN5O3/c1-18(16(20)25,15-9-21-17(26)27-15)10-6-7-13(11(19)8-10)24-14-5-3-2-4-12(14)22-23-24/h2-8,15H,9H2,1H3,(H2,20,25)(H,21,26). The number of nitrogens with one attached hydrogen (secondary N) is 1. The molecule has 1 aliphatic rings. The number of carbonyl (C=O) groups is 2. The number of hydrogen-bond acceptors (Lipinski definition) is 5. The molecule has 0 spiro atoms. The molecule has 2 amide bonds. The van der Waals surface area contributed by atoms with E-state index in [2.05, 4.69) is 15.6 Å². The van der Waals surface area contributed by atoms with Crippen molar-refractivity contribution >= 4 is 23.0 Å². The highest BCUT2D eigenvalue weighted by Gasteiger charge is 2.47. The van der Waals surface area contributed by atoms with Crippen LogP contribution in [0.2, 0.25) is 0 Å². The van der Waals surface area contributed by atoms with Crippen LogP contribution in [0.4, 0.5) is 9.18 Å². The Morgan fingerprint density at radius 3 is 2.81 bits per heavy atom. The monoisotopic (exact) mass is 369 g/mol. The van der Waals surface area contributed by atoms with Gasteiger partial charge in [0.25, 0.3) is 0 Å². The molecule has 0 radical (unpaired) electrons. The smallest absolute Gasteiger partial charge is 0.407 e. The first-order chi connectivity index (χ1) is 12.9. The van der Waals surface area contributed by atoms with Gasteiger partial charge in [0.1, 0.15) is 28.5 Å². The van der Waals surface area contributed by atoms with Gasteiger partial charge in [-0.1, -0.05) is 23.4 Å². The third-order valence-corrected chi connectivity index (χ3v) is 4.96. The Morgan fingerprint density at radius 1 is 1.37 bits per heavy atom. The van der Waals surface area contributed by atoms with Gasteiger partial charge >= 0.3 is 6.09 Å². The third kappa shape index (κ3) is 2.59. The van der Waals surface area contributed by atoms with Gasteiger partial charge in [0.2, 0.25) is 5.91 Å². The van der Waals surface area contributed by atoms with E-state index in [1.165, 1.54) is 23.7 Å². The van der Waals surface area contributed by atoms with E-state index >= 15 is 0 Å². The second-order valence-electron chi connectivity index (χ2n) is 6.50. The molecule has 2 aromatic carbocycles. The van der Waals surface area contributed by atoms with Gasteiger partial charge in [-0.3, -0.25) is 4.79 Å². The van der Waals surface area contributed by atoms with E-state index in [0.717, 1.165) is 0 Å². The number of primary amides is 1. The van der Waals surface area contributed by atoms with Crippen LogP contribution < -0.4 is 11.1 Å². The van der Waals surface area contributed by atoms with Crippen LogP contribution in [0, 0.1) is 5.82 Å². The SMILES string of the molecule is CC(C(N)=O)(c1ccc(-n2nnc3ccccc32)c(F)c1)C1CNC(=O)O1. The van der Waals surface area contributed by atoms with Gasteiger partial charge < -0.3 is 15.8 Å². The van der Waals surface area contributed by atoms with Gasteiger partial charge in [0.15, 0.2) is 0 Å². The molecule has 8 nitrogen and oxygen atoms in total. The van der Waals surface area contributed by atoms with Crippen molar-refractivity contribution in [2.24, 2.45) is 5.73 Å². The molecular weight excluding hydrogens is 353 g/mol. The third-order valence-electron chi connectivity index (χ3n) is 4.96. The lowest BCUT2D eigenvalue weighted by Gasteiger charge is -2.31. The molecule has 1 aromatic heterocycles. The van der Waals surface area contributed by atoms with Gasteiger partial charge in [-0.2, -0.15) is 0 Å². The summed E-state index contributed by atoms with van der Waals surface area (Å²) in [6.45, 7) is 1.63. The first-order valence-electron chi connectivity index (χ1n) is 8.26. The molecule has 0 bridgehead atoms. The number of aromatic nitrogens is 3. The fourth-order valence-electron chi connectivity index (χ4n) is 3.25. The zero-order chi connectivity index (χ0) is 19.2. The number of halogens is 1. The van der Waals surface area contributed by atoms with E-state index < -0.39 is 29.3 Å². The number of carbonyl (C=O) groups excluding carboxylic acids is 2. The quantitative estimate of drug-likeness (QED) is 0.722. The highest BCUT2D eigenvalue weighted by Crippen LogP contribution is 2.33. The molecule has 2 unspecified atom stereocenters. The number of rotatable bonds is 4. The van der Waals surface area contributed by atoms with Gasteiger partial charge in [-0.15, -0.1) is 5.10 Å². The van der Waals surface area contributed by atoms with E-state index in [1.54, 1.807) is 24.3 Å². The van der Waals surface area contributed by atoms with Crippen molar-refractivity contribution in [1.29, 1.82) is 0 Å². The number of alkyl carbamates (subject to hydrolysis) is 1. The number of ether oxygens (including phenoxy) is 1. The zero-order valence-electron chi connectivity index (χ0n) is 14.3. The van der Waals surface area contributed by atoms with Crippen molar-refractivity contribution in [3.8, 4) is 5.69 Å². The summed E-state index contributed by atoms with van der Waals surface area (Å²) >= 11 is 0. The summed E-state index contributed by atoms with van der Waals surface area (Å²) in [6, 6.07) is 11.5. The highest BCUT2D eigenvalue weighted by molar-refractivity contribution is 5.88. The van der Waals surface area contributed by atoms with Crippen LogP contribution in [-0.2, 0) is 14.9 Å². The predicted molar refractivity (Wildman–Crippen MR) is 93.6 cm³/mol. The molecule has 2 heterocycles. The van der Waals surface area contributed by atoms with E-state index in [-0.39, 0.29) is 12.2 Å². The number of amides is 2. The molecule has 27 heavy (non-hydrogen) atoms. The average Bonchev–Trinajstić information content (AvgIpc) is 3.27.